The number of hydrogen-bond donors (Lipinski definition) is 1. The van der Waals surface area contributed by atoms with E-state index in [4.69, 9.17) is 4.74 Å². The van der Waals surface area contributed by atoms with Gasteiger partial charge in [-0.25, -0.2) is 4.79 Å². The molecule has 1 saturated carbocycles. The van der Waals surface area contributed by atoms with E-state index in [1.165, 1.54) is 47.9 Å². The zero-order valence-electron chi connectivity index (χ0n) is 14.7. The van der Waals surface area contributed by atoms with E-state index in [2.05, 4.69) is 60.8 Å². The molecule has 2 aromatic rings. The van der Waals surface area contributed by atoms with Gasteiger partial charge < -0.3 is 10.1 Å². The highest BCUT2D eigenvalue weighted by atomic mass is 16.5. The summed E-state index contributed by atoms with van der Waals surface area (Å²) in [5.74, 6) is 0.723. The van der Waals surface area contributed by atoms with Gasteiger partial charge in [-0.1, -0.05) is 61.4 Å². The van der Waals surface area contributed by atoms with E-state index < -0.39 is 0 Å². The molecule has 0 aliphatic heterocycles. The van der Waals surface area contributed by atoms with Crippen LogP contribution in [0.15, 0.2) is 48.5 Å². The van der Waals surface area contributed by atoms with Crippen LogP contribution in [0.25, 0.3) is 11.1 Å². The smallest absolute Gasteiger partial charge is 0.407 e. The molecule has 1 fully saturated rings. The molecule has 130 valence electrons. The van der Waals surface area contributed by atoms with Gasteiger partial charge in [-0.2, -0.15) is 0 Å². The summed E-state index contributed by atoms with van der Waals surface area (Å²) in [6, 6.07) is 17.0. The molecule has 1 unspecified atom stereocenters. The van der Waals surface area contributed by atoms with E-state index in [1.54, 1.807) is 0 Å². The molecule has 0 spiro atoms. The summed E-state index contributed by atoms with van der Waals surface area (Å²) in [5, 5.41) is 3.03. The molecule has 25 heavy (non-hydrogen) atoms. The Hall–Kier alpha value is -2.29. The lowest BCUT2D eigenvalue weighted by Crippen LogP contribution is -2.38. The average Bonchev–Trinajstić information content (AvgIpc) is 3.27. The van der Waals surface area contributed by atoms with Gasteiger partial charge in [0.2, 0.25) is 0 Å². The fourth-order valence-corrected chi connectivity index (χ4v) is 4.40. The number of benzene rings is 2. The maximum atomic E-state index is 12.3. The zero-order chi connectivity index (χ0) is 17.2. The van der Waals surface area contributed by atoms with Crippen LogP contribution in [0.3, 0.4) is 0 Å². The number of carbonyl (C=O) groups is 1. The van der Waals surface area contributed by atoms with Crippen molar-refractivity contribution in [2.45, 2.75) is 44.6 Å². The number of alkyl carbamates (subject to hydrolysis) is 1. The molecule has 2 aliphatic rings. The van der Waals surface area contributed by atoms with Gasteiger partial charge in [-0.3, -0.25) is 0 Å². The van der Waals surface area contributed by atoms with Crippen molar-refractivity contribution in [2.75, 3.05) is 6.61 Å². The summed E-state index contributed by atoms with van der Waals surface area (Å²) in [4.78, 5) is 12.3. The summed E-state index contributed by atoms with van der Waals surface area (Å²) < 4.78 is 5.62. The van der Waals surface area contributed by atoms with Crippen LogP contribution in [-0.2, 0) is 4.74 Å². The first-order valence-electron chi connectivity index (χ1n) is 9.35. The van der Waals surface area contributed by atoms with Crippen LogP contribution in [0.4, 0.5) is 4.79 Å². The monoisotopic (exact) mass is 335 g/mol. The molecule has 0 saturated heterocycles. The van der Waals surface area contributed by atoms with Crippen molar-refractivity contribution in [1.29, 1.82) is 0 Å². The summed E-state index contributed by atoms with van der Waals surface area (Å²) in [6.07, 6.45) is 4.69. The van der Waals surface area contributed by atoms with Crippen molar-refractivity contribution < 1.29 is 9.53 Å². The Morgan fingerprint density at radius 3 is 2.20 bits per heavy atom. The summed E-state index contributed by atoms with van der Waals surface area (Å²) in [5.41, 5.74) is 5.01. The van der Waals surface area contributed by atoms with Gasteiger partial charge in [-0.05, 0) is 47.9 Å². The second-order valence-electron chi connectivity index (χ2n) is 7.30. The molecule has 0 aromatic heterocycles. The Bertz CT molecular complexity index is 719. The fraction of sp³-hybridized carbons (Fsp3) is 0.409. The normalized spacial score (nSPS) is 17.8. The minimum absolute atomic E-state index is 0.125. The standard InChI is InChI=1S/C22H25NO2/c1-15(16-8-2-3-9-16)23-22(24)25-14-21-19-12-6-4-10-17(19)18-11-5-7-13-20(18)21/h4-7,10-13,15-16,21H,2-3,8-9,14H2,1H3,(H,23,24). The van der Waals surface area contributed by atoms with Crippen LogP contribution in [0, 0.1) is 5.92 Å². The lowest BCUT2D eigenvalue weighted by Gasteiger charge is -2.21. The number of amides is 1. The Morgan fingerprint density at radius 2 is 1.60 bits per heavy atom. The van der Waals surface area contributed by atoms with Crippen molar-refractivity contribution in [1.82, 2.24) is 5.32 Å². The predicted molar refractivity (Wildman–Crippen MR) is 99.6 cm³/mol. The summed E-state index contributed by atoms with van der Waals surface area (Å²) in [7, 11) is 0. The molecule has 1 N–H and O–H groups in total. The molecule has 0 heterocycles. The van der Waals surface area contributed by atoms with Crippen molar-refractivity contribution in [3.05, 3.63) is 59.7 Å². The molecule has 0 radical (unpaired) electrons. The highest BCUT2D eigenvalue weighted by Gasteiger charge is 2.29. The fourth-order valence-electron chi connectivity index (χ4n) is 4.40. The number of hydrogen-bond acceptors (Lipinski definition) is 2. The number of ether oxygens (including phenoxy) is 1. The van der Waals surface area contributed by atoms with E-state index in [9.17, 15) is 4.79 Å². The van der Waals surface area contributed by atoms with Crippen LogP contribution in [0.2, 0.25) is 0 Å². The van der Waals surface area contributed by atoms with Crippen LogP contribution in [0.1, 0.15) is 49.7 Å². The first-order chi connectivity index (χ1) is 12.2. The van der Waals surface area contributed by atoms with Crippen molar-refractivity contribution in [2.24, 2.45) is 5.92 Å². The van der Waals surface area contributed by atoms with Gasteiger partial charge in [0.1, 0.15) is 6.61 Å². The third kappa shape index (κ3) is 3.15. The highest BCUT2D eigenvalue weighted by Crippen LogP contribution is 2.44. The lowest BCUT2D eigenvalue weighted by molar-refractivity contribution is 0.136. The Balaban J connectivity index is 1.43. The van der Waals surface area contributed by atoms with Gasteiger partial charge in [0.05, 0.1) is 0 Å². The van der Waals surface area contributed by atoms with Crippen molar-refractivity contribution >= 4 is 6.09 Å². The highest BCUT2D eigenvalue weighted by molar-refractivity contribution is 5.79. The van der Waals surface area contributed by atoms with E-state index >= 15 is 0 Å². The molecular weight excluding hydrogens is 310 g/mol. The molecular formula is C22H25NO2. The first kappa shape index (κ1) is 16.2. The van der Waals surface area contributed by atoms with E-state index in [0.717, 1.165) is 0 Å². The largest absolute Gasteiger partial charge is 0.449 e. The van der Waals surface area contributed by atoms with E-state index in [0.29, 0.717) is 12.5 Å². The number of carbonyl (C=O) groups excluding carboxylic acids is 1. The molecule has 1 atom stereocenters. The van der Waals surface area contributed by atoms with Gasteiger partial charge in [0.25, 0.3) is 0 Å². The average molecular weight is 335 g/mol. The van der Waals surface area contributed by atoms with Crippen molar-refractivity contribution in [3.8, 4) is 11.1 Å². The number of fused-ring (bicyclic) bond motifs is 3. The van der Waals surface area contributed by atoms with E-state index in [-0.39, 0.29) is 18.1 Å². The second-order valence-corrected chi connectivity index (χ2v) is 7.30. The quantitative estimate of drug-likeness (QED) is 0.844. The molecule has 1 amide bonds. The van der Waals surface area contributed by atoms with E-state index in [1.807, 2.05) is 0 Å². The first-order valence-corrected chi connectivity index (χ1v) is 9.35. The lowest BCUT2D eigenvalue weighted by atomic mass is 9.98. The predicted octanol–water partition coefficient (Wildman–Crippen LogP) is 5.10. The minimum atomic E-state index is -0.290. The zero-order valence-corrected chi connectivity index (χ0v) is 14.7. The second kappa shape index (κ2) is 6.91. The SMILES string of the molecule is CC(NC(=O)OCC1c2ccccc2-c2ccccc21)C1CCCC1. The van der Waals surface area contributed by atoms with Crippen molar-refractivity contribution in [3.63, 3.8) is 0 Å². The number of rotatable bonds is 4. The summed E-state index contributed by atoms with van der Waals surface area (Å²) in [6.45, 7) is 2.48. The maximum Gasteiger partial charge on any atom is 0.407 e. The van der Waals surface area contributed by atoms with Crippen LogP contribution in [0.5, 0.6) is 0 Å². The molecule has 3 heteroatoms. The van der Waals surface area contributed by atoms with Gasteiger partial charge in [-0.15, -0.1) is 0 Å². The van der Waals surface area contributed by atoms with Crippen LogP contribution >= 0.6 is 0 Å². The van der Waals surface area contributed by atoms with Crippen LogP contribution in [-0.4, -0.2) is 18.7 Å². The molecule has 4 rings (SSSR count). The third-order valence-corrected chi connectivity index (χ3v) is 5.80. The minimum Gasteiger partial charge on any atom is -0.449 e. The molecule has 3 nitrogen and oxygen atoms in total. The van der Waals surface area contributed by atoms with Gasteiger partial charge in [0, 0.05) is 12.0 Å². The summed E-state index contributed by atoms with van der Waals surface area (Å²) >= 11 is 0. The Morgan fingerprint density at radius 1 is 1.04 bits per heavy atom. The van der Waals surface area contributed by atoms with Crippen LogP contribution < -0.4 is 5.32 Å². The molecule has 2 aromatic carbocycles. The van der Waals surface area contributed by atoms with Gasteiger partial charge >= 0.3 is 6.09 Å². The molecule has 2 aliphatic carbocycles. The molecule has 0 bridgehead atoms. The third-order valence-electron chi connectivity index (χ3n) is 5.80. The topological polar surface area (TPSA) is 38.3 Å². The maximum absolute atomic E-state index is 12.3. The Labute approximate surface area is 149 Å². The van der Waals surface area contributed by atoms with Gasteiger partial charge in [0.15, 0.2) is 0 Å². The number of nitrogens with one attached hydrogen (secondary N) is 1. The Kier molecular flexibility index (Phi) is 4.48.